The quantitative estimate of drug-likeness (QED) is 0.684. The van der Waals surface area contributed by atoms with Crippen LogP contribution >= 0.6 is 35.0 Å². The molecule has 0 bridgehead atoms. The fourth-order valence-electron chi connectivity index (χ4n) is 2.18. The number of aryl methyl sites for hydroxylation is 1. The van der Waals surface area contributed by atoms with E-state index in [2.05, 4.69) is 0 Å². The van der Waals surface area contributed by atoms with E-state index in [0.29, 0.717) is 9.93 Å². The van der Waals surface area contributed by atoms with Crippen molar-refractivity contribution in [3.8, 4) is 0 Å². The van der Waals surface area contributed by atoms with Gasteiger partial charge in [-0.2, -0.15) is 0 Å². The minimum absolute atomic E-state index is 0.121. The van der Waals surface area contributed by atoms with Crippen molar-refractivity contribution in [1.29, 1.82) is 0 Å². The average Bonchev–Trinajstić information content (AvgIpc) is 2.79. The zero-order valence-electron chi connectivity index (χ0n) is 11.7. The van der Waals surface area contributed by atoms with Crippen LogP contribution in [-0.2, 0) is 9.53 Å². The van der Waals surface area contributed by atoms with Gasteiger partial charge in [-0.05, 0) is 30.2 Å². The predicted octanol–water partition coefficient (Wildman–Crippen LogP) is 5.49. The highest BCUT2D eigenvalue weighted by Gasteiger charge is 2.35. The van der Waals surface area contributed by atoms with E-state index in [9.17, 15) is 4.79 Å². The first kappa shape index (κ1) is 15.5. The normalized spacial score (nSPS) is 17.8. The number of carbonyl (C=O) groups excluding carboxylic acids is 1. The van der Waals surface area contributed by atoms with Gasteiger partial charge in [0.2, 0.25) is 0 Å². The molecule has 0 radical (unpaired) electrons. The Morgan fingerprint density at radius 2 is 1.82 bits per heavy atom. The predicted molar refractivity (Wildman–Crippen MR) is 90.2 cm³/mol. The number of benzene rings is 2. The molecule has 1 heterocycles. The lowest BCUT2D eigenvalue weighted by Crippen LogP contribution is -2.02. The molecule has 2 nitrogen and oxygen atoms in total. The maximum Gasteiger partial charge on any atom is 0.351 e. The molecule has 0 aromatic heterocycles. The fraction of sp³-hybridized carbons (Fsp3) is 0.118. The number of carbonyl (C=O) groups is 1. The molecule has 2 aromatic carbocycles. The smallest absolute Gasteiger partial charge is 0.351 e. The summed E-state index contributed by atoms with van der Waals surface area (Å²) in [6.45, 7) is 1.97. The monoisotopic (exact) mass is 350 g/mol. The lowest BCUT2D eigenvalue weighted by molar-refractivity contribution is -0.139. The van der Waals surface area contributed by atoms with Gasteiger partial charge in [0.15, 0.2) is 6.10 Å². The second-order valence-corrected chi connectivity index (χ2v) is 6.78. The van der Waals surface area contributed by atoms with Crippen LogP contribution in [0.2, 0.25) is 5.02 Å². The van der Waals surface area contributed by atoms with E-state index in [1.54, 1.807) is 0 Å². The van der Waals surface area contributed by atoms with E-state index in [1.807, 2.05) is 55.5 Å². The van der Waals surface area contributed by atoms with Gasteiger partial charge in [0.05, 0.1) is 9.93 Å². The molecule has 0 saturated carbocycles. The number of cyclic esters (lactones) is 1. The fourth-order valence-corrected chi connectivity index (χ4v) is 3.78. The lowest BCUT2D eigenvalue weighted by Gasteiger charge is -2.14. The van der Waals surface area contributed by atoms with Crippen LogP contribution in [-0.4, -0.2) is 5.97 Å². The summed E-state index contributed by atoms with van der Waals surface area (Å²) in [5.41, 5.74) is 1.96. The van der Waals surface area contributed by atoms with Crippen molar-refractivity contribution in [3.63, 3.8) is 0 Å². The number of rotatable bonds is 3. The summed E-state index contributed by atoms with van der Waals surface area (Å²) in [5, 5.41) is 0.753. The van der Waals surface area contributed by atoms with Gasteiger partial charge in [0, 0.05) is 4.90 Å². The van der Waals surface area contributed by atoms with E-state index < -0.39 is 12.1 Å². The Morgan fingerprint density at radius 1 is 1.09 bits per heavy atom. The molecule has 22 heavy (non-hydrogen) atoms. The highest BCUT2D eigenvalue weighted by Crippen LogP contribution is 2.47. The summed E-state index contributed by atoms with van der Waals surface area (Å²) in [6.07, 6.45) is -0.483. The summed E-state index contributed by atoms with van der Waals surface area (Å²) >= 11 is 13.8. The molecule has 0 saturated heterocycles. The van der Waals surface area contributed by atoms with Gasteiger partial charge >= 0.3 is 5.97 Å². The first-order valence-electron chi connectivity index (χ1n) is 6.66. The topological polar surface area (TPSA) is 26.3 Å². The maximum atomic E-state index is 11.8. The van der Waals surface area contributed by atoms with Crippen molar-refractivity contribution < 1.29 is 9.53 Å². The van der Waals surface area contributed by atoms with Crippen LogP contribution in [0.15, 0.2) is 63.4 Å². The molecule has 1 aliphatic heterocycles. The molecule has 0 spiro atoms. The van der Waals surface area contributed by atoms with Gasteiger partial charge in [0.1, 0.15) is 5.03 Å². The number of esters is 1. The second kappa shape index (κ2) is 6.37. The van der Waals surface area contributed by atoms with Crippen LogP contribution in [0.1, 0.15) is 17.2 Å². The number of ether oxygens (including phenoxy) is 1. The molecule has 1 aliphatic rings. The minimum Gasteiger partial charge on any atom is -0.448 e. The van der Waals surface area contributed by atoms with Crippen molar-refractivity contribution in [3.05, 3.63) is 74.6 Å². The second-order valence-electron chi connectivity index (χ2n) is 4.91. The molecule has 112 valence electrons. The third kappa shape index (κ3) is 3.02. The zero-order valence-corrected chi connectivity index (χ0v) is 14.0. The molecule has 0 amide bonds. The van der Waals surface area contributed by atoms with E-state index in [-0.39, 0.29) is 5.03 Å². The van der Waals surface area contributed by atoms with Crippen molar-refractivity contribution >= 4 is 40.9 Å². The Balaban J connectivity index is 1.97. The van der Waals surface area contributed by atoms with Crippen LogP contribution in [0.5, 0.6) is 0 Å². The Morgan fingerprint density at radius 3 is 2.50 bits per heavy atom. The van der Waals surface area contributed by atoms with Gasteiger partial charge in [0.25, 0.3) is 0 Å². The number of hydrogen-bond donors (Lipinski definition) is 0. The standard InChI is InChI=1S/C17H12Cl2O2S/c1-10-7-8-13(12(18)9-10)22-16-14(19)17(20)21-15(16)11-5-3-2-4-6-11/h2-9,15H,1H3. The molecular weight excluding hydrogens is 339 g/mol. The molecule has 0 fully saturated rings. The summed E-state index contributed by atoms with van der Waals surface area (Å²) < 4.78 is 5.40. The Labute approximate surface area is 143 Å². The highest BCUT2D eigenvalue weighted by atomic mass is 35.5. The maximum absolute atomic E-state index is 11.8. The SMILES string of the molecule is Cc1ccc(SC2=C(Cl)C(=O)OC2c2ccccc2)c(Cl)c1. The summed E-state index contributed by atoms with van der Waals surface area (Å²) in [4.78, 5) is 13.4. The summed E-state index contributed by atoms with van der Waals surface area (Å²) in [6, 6.07) is 15.3. The van der Waals surface area contributed by atoms with E-state index >= 15 is 0 Å². The number of halogens is 2. The summed E-state index contributed by atoms with van der Waals surface area (Å²) in [7, 11) is 0. The van der Waals surface area contributed by atoms with Crippen molar-refractivity contribution in [1.82, 2.24) is 0 Å². The highest BCUT2D eigenvalue weighted by molar-refractivity contribution is 8.03. The van der Waals surface area contributed by atoms with E-state index in [4.69, 9.17) is 27.9 Å². The van der Waals surface area contributed by atoms with Gasteiger partial charge in [-0.3, -0.25) is 0 Å². The van der Waals surface area contributed by atoms with Crippen LogP contribution in [0.3, 0.4) is 0 Å². The third-order valence-corrected chi connectivity index (χ3v) is 5.38. The molecule has 2 aromatic rings. The molecular formula is C17H12Cl2O2S. The third-order valence-electron chi connectivity index (χ3n) is 3.27. The van der Waals surface area contributed by atoms with Gasteiger partial charge < -0.3 is 4.74 Å². The van der Waals surface area contributed by atoms with E-state index in [0.717, 1.165) is 16.0 Å². The molecule has 0 aliphatic carbocycles. The number of thioether (sulfide) groups is 1. The molecule has 3 rings (SSSR count). The lowest BCUT2D eigenvalue weighted by atomic mass is 10.1. The summed E-state index contributed by atoms with van der Waals surface area (Å²) in [5.74, 6) is -0.499. The molecule has 0 N–H and O–H groups in total. The Hall–Kier alpha value is -1.42. The largest absolute Gasteiger partial charge is 0.448 e. The van der Waals surface area contributed by atoms with Crippen LogP contribution in [0, 0.1) is 6.92 Å². The van der Waals surface area contributed by atoms with Gasteiger partial charge in [-0.25, -0.2) is 4.79 Å². The Bertz CT molecular complexity index is 757. The molecule has 1 unspecified atom stereocenters. The first-order valence-corrected chi connectivity index (χ1v) is 8.23. The van der Waals surface area contributed by atoms with Gasteiger partial charge in [-0.15, -0.1) is 0 Å². The van der Waals surface area contributed by atoms with E-state index in [1.165, 1.54) is 11.8 Å². The van der Waals surface area contributed by atoms with Crippen LogP contribution in [0.25, 0.3) is 0 Å². The minimum atomic E-state index is -0.499. The zero-order chi connectivity index (χ0) is 15.7. The first-order chi connectivity index (χ1) is 10.6. The Kier molecular flexibility index (Phi) is 4.48. The molecule has 1 atom stereocenters. The van der Waals surface area contributed by atoms with Crippen molar-refractivity contribution in [2.75, 3.05) is 0 Å². The van der Waals surface area contributed by atoms with Crippen molar-refractivity contribution in [2.24, 2.45) is 0 Å². The van der Waals surface area contributed by atoms with Gasteiger partial charge in [-0.1, -0.05) is 71.4 Å². The number of hydrogen-bond acceptors (Lipinski definition) is 3. The van der Waals surface area contributed by atoms with Crippen molar-refractivity contribution in [2.45, 2.75) is 17.9 Å². The molecule has 5 heteroatoms. The van der Waals surface area contributed by atoms with Crippen LogP contribution < -0.4 is 0 Å². The van der Waals surface area contributed by atoms with Crippen LogP contribution in [0.4, 0.5) is 0 Å². The average molecular weight is 351 g/mol.